The maximum atomic E-state index is 12.2. The lowest BCUT2D eigenvalue weighted by molar-refractivity contribution is 0.102. The smallest absolute Gasteiger partial charge is 0.322 e. The maximum Gasteiger partial charge on any atom is 0.322 e. The van der Waals surface area contributed by atoms with Crippen molar-refractivity contribution in [3.63, 3.8) is 0 Å². The van der Waals surface area contributed by atoms with Crippen LogP contribution in [-0.2, 0) is 6.42 Å². The molecule has 0 radical (unpaired) electrons. The van der Waals surface area contributed by atoms with E-state index >= 15 is 0 Å². The first-order valence-electron chi connectivity index (χ1n) is 8.26. The zero-order valence-corrected chi connectivity index (χ0v) is 14.2. The minimum atomic E-state index is -0.292. The Morgan fingerprint density at radius 3 is 2.62 bits per heavy atom. The van der Waals surface area contributed by atoms with Gasteiger partial charge in [-0.2, -0.15) is 0 Å². The van der Waals surface area contributed by atoms with Crippen molar-refractivity contribution in [1.29, 1.82) is 0 Å². The molecule has 2 aromatic carbocycles. The highest BCUT2D eigenvalue weighted by molar-refractivity contribution is 6.03. The Balaban J connectivity index is 1.43. The Morgan fingerprint density at radius 1 is 1.04 bits per heavy atom. The standard InChI is InChI=1S/C19H17N3O4/c1-12-2-5-14(6-3-12)18(23)20-19-22-21-17(26-19)11-13-4-7-15-16(10-13)25-9-8-24-15/h2-7,10H,8-9,11H2,1H3,(H,20,22,23). The van der Waals surface area contributed by atoms with Crippen LogP contribution >= 0.6 is 0 Å². The molecule has 0 fully saturated rings. The molecule has 0 bridgehead atoms. The molecule has 26 heavy (non-hydrogen) atoms. The number of hydrogen-bond donors (Lipinski definition) is 1. The number of nitrogens with one attached hydrogen (secondary N) is 1. The number of aromatic nitrogens is 2. The van der Waals surface area contributed by atoms with Gasteiger partial charge in [0.1, 0.15) is 13.2 Å². The highest BCUT2D eigenvalue weighted by Gasteiger charge is 2.15. The molecule has 3 aromatic rings. The van der Waals surface area contributed by atoms with Crippen molar-refractivity contribution in [1.82, 2.24) is 10.2 Å². The van der Waals surface area contributed by atoms with Crippen molar-refractivity contribution in [3.8, 4) is 11.5 Å². The number of aryl methyl sites for hydroxylation is 1. The van der Waals surface area contributed by atoms with Crippen LogP contribution in [0, 0.1) is 6.92 Å². The minimum Gasteiger partial charge on any atom is -0.486 e. The Bertz CT molecular complexity index is 934. The van der Waals surface area contributed by atoms with E-state index in [9.17, 15) is 4.79 Å². The van der Waals surface area contributed by atoms with Crippen LogP contribution in [0.1, 0.15) is 27.4 Å². The number of benzene rings is 2. The third-order valence-electron chi connectivity index (χ3n) is 3.96. The van der Waals surface area contributed by atoms with E-state index in [4.69, 9.17) is 13.9 Å². The number of ether oxygens (including phenoxy) is 2. The lowest BCUT2D eigenvalue weighted by Gasteiger charge is -2.18. The third-order valence-corrected chi connectivity index (χ3v) is 3.96. The summed E-state index contributed by atoms with van der Waals surface area (Å²) in [6.45, 7) is 3.05. The van der Waals surface area contributed by atoms with Gasteiger partial charge in [-0.25, -0.2) is 0 Å². The Labute approximate surface area is 150 Å². The van der Waals surface area contributed by atoms with Crippen LogP contribution in [0.25, 0.3) is 0 Å². The Kier molecular flexibility index (Phi) is 4.27. The molecule has 7 heteroatoms. The molecule has 1 amide bonds. The van der Waals surface area contributed by atoms with E-state index < -0.39 is 0 Å². The normalized spacial score (nSPS) is 12.7. The summed E-state index contributed by atoms with van der Waals surface area (Å²) < 4.78 is 16.6. The second kappa shape index (κ2) is 6.87. The highest BCUT2D eigenvalue weighted by atomic mass is 16.6. The van der Waals surface area contributed by atoms with E-state index in [0.717, 1.165) is 16.9 Å². The van der Waals surface area contributed by atoms with Gasteiger partial charge in [-0.3, -0.25) is 10.1 Å². The molecular weight excluding hydrogens is 334 g/mol. The number of rotatable bonds is 4. The second-order valence-corrected chi connectivity index (χ2v) is 5.98. The van der Waals surface area contributed by atoms with E-state index in [1.807, 2.05) is 37.3 Å². The first-order chi connectivity index (χ1) is 12.7. The quantitative estimate of drug-likeness (QED) is 0.778. The fourth-order valence-electron chi connectivity index (χ4n) is 2.62. The van der Waals surface area contributed by atoms with Crippen LogP contribution in [-0.4, -0.2) is 29.3 Å². The highest BCUT2D eigenvalue weighted by Crippen LogP contribution is 2.31. The lowest BCUT2D eigenvalue weighted by atomic mass is 10.1. The second-order valence-electron chi connectivity index (χ2n) is 5.98. The van der Waals surface area contributed by atoms with E-state index in [1.165, 1.54) is 0 Å². The minimum absolute atomic E-state index is 0.0723. The summed E-state index contributed by atoms with van der Waals surface area (Å²) in [6.07, 6.45) is 0.435. The number of nitrogens with zero attached hydrogens (tertiary/aromatic N) is 2. The molecule has 1 aliphatic rings. The molecule has 0 unspecified atom stereocenters. The molecule has 2 heterocycles. The number of carbonyl (C=O) groups is 1. The summed E-state index contributed by atoms with van der Waals surface area (Å²) in [6, 6.07) is 13.0. The first kappa shape index (κ1) is 16.1. The van der Waals surface area contributed by atoms with Gasteiger partial charge in [-0.1, -0.05) is 28.9 Å². The van der Waals surface area contributed by atoms with Crippen molar-refractivity contribution < 1.29 is 18.7 Å². The van der Waals surface area contributed by atoms with Gasteiger partial charge < -0.3 is 13.9 Å². The third kappa shape index (κ3) is 3.51. The van der Waals surface area contributed by atoms with Gasteiger partial charge in [-0.05, 0) is 36.8 Å². The van der Waals surface area contributed by atoms with Crippen molar-refractivity contribution in [2.45, 2.75) is 13.3 Å². The molecule has 1 N–H and O–H groups in total. The molecule has 0 saturated carbocycles. The van der Waals surface area contributed by atoms with Crippen LogP contribution in [0.2, 0.25) is 0 Å². The van der Waals surface area contributed by atoms with E-state index in [-0.39, 0.29) is 11.9 Å². The fraction of sp³-hybridized carbons (Fsp3) is 0.211. The molecule has 7 nitrogen and oxygen atoms in total. The first-order valence-corrected chi connectivity index (χ1v) is 8.26. The van der Waals surface area contributed by atoms with Crippen LogP contribution in [0.4, 0.5) is 6.01 Å². The maximum absolute atomic E-state index is 12.2. The van der Waals surface area contributed by atoms with Crippen molar-refractivity contribution >= 4 is 11.9 Å². The molecule has 1 aliphatic heterocycles. The van der Waals surface area contributed by atoms with E-state index in [0.29, 0.717) is 36.8 Å². The molecule has 0 saturated heterocycles. The zero-order valence-electron chi connectivity index (χ0n) is 14.2. The van der Waals surface area contributed by atoms with E-state index in [2.05, 4.69) is 15.5 Å². The Hall–Kier alpha value is -3.35. The molecule has 1 aromatic heterocycles. The summed E-state index contributed by atoms with van der Waals surface area (Å²) in [5.74, 6) is 1.55. The van der Waals surface area contributed by atoms with Crippen LogP contribution < -0.4 is 14.8 Å². The van der Waals surface area contributed by atoms with Gasteiger partial charge in [0, 0.05) is 5.56 Å². The van der Waals surface area contributed by atoms with Crippen LogP contribution in [0.5, 0.6) is 11.5 Å². The zero-order chi connectivity index (χ0) is 17.9. The SMILES string of the molecule is Cc1ccc(C(=O)Nc2nnc(Cc3ccc4c(c3)OCCO4)o2)cc1. The average Bonchev–Trinajstić information content (AvgIpc) is 3.09. The van der Waals surface area contributed by atoms with Crippen molar-refractivity contribution in [2.24, 2.45) is 0 Å². The van der Waals surface area contributed by atoms with Gasteiger partial charge in [0.15, 0.2) is 11.5 Å². The van der Waals surface area contributed by atoms with Crippen LogP contribution in [0.3, 0.4) is 0 Å². The fourth-order valence-corrected chi connectivity index (χ4v) is 2.62. The summed E-state index contributed by atoms with van der Waals surface area (Å²) in [5.41, 5.74) is 2.57. The van der Waals surface area contributed by atoms with Gasteiger partial charge in [-0.15, -0.1) is 5.10 Å². The largest absolute Gasteiger partial charge is 0.486 e. The number of hydrogen-bond acceptors (Lipinski definition) is 6. The van der Waals surface area contributed by atoms with Gasteiger partial charge in [0.25, 0.3) is 5.91 Å². The number of carbonyl (C=O) groups excluding carboxylic acids is 1. The molecule has 0 aliphatic carbocycles. The predicted octanol–water partition coefficient (Wildman–Crippen LogP) is 2.99. The van der Waals surface area contributed by atoms with Gasteiger partial charge in [0.05, 0.1) is 6.42 Å². The van der Waals surface area contributed by atoms with Gasteiger partial charge in [0.2, 0.25) is 5.89 Å². The molecule has 4 rings (SSSR count). The summed E-state index contributed by atoms with van der Waals surface area (Å²) in [5, 5.41) is 10.5. The monoisotopic (exact) mass is 351 g/mol. The Morgan fingerprint density at radius 2 is 1.81 bits per heavy atom. The summed E-state index contributed by atoms with van der Waals surface area (Å²) >= 11 is 0. The average molecular weight is 351 g/mol. The topological polar surface area (TPSA) is 86.5 Å². The van der Waals surface area contributed by atoms with Crippen molar-refractivity contribution in [2.75, 3.05) is 18.5 Å². The molecule has 0 spiro atoms. The van der Waals surface area contributed by atoms with Gasteiger partial charge >= 0.3 is 6.01 Å². The molecule has 0 atom stereocenters. The predicted molar refractivity (Wildman–Crippen MR) is 93.7 cm³/mol. The summed E-state index contributed by atoms with van der Waals surface area (Å²) in [7, 11) is 0. The number of fused-ring (bicyclic) bond motifs is 1. The summed E-state index contributed by atoms with van der Waals surface area (Å²) in [4.78, 5) is 12.2. The lowest BCUT2D eigenvalue weighted by Crippen LogP contribution is -2.15. The number of amides is 1. The van der Waals surface area contributed by atoms with Crippen LogP contribution in [0.15, 0.2) is 46.9 Å². The number of anilines is 1. The van der Waals surface area contributed by atoms with E-state index in [1.54, 1.807) is 12.1 Å². The molecular formula is C19H17N3O4. The molecule has 132 valence electrons. The van der Waals surface area contributed by atoms with Crippen molar-refractivity contribution in [3.05, 3.63) is 65.0 Å².